The smallest absolute Gasteiger partial charge is 0.136 e. The summed E-state index contributed by atoms with van der Waals surface area (Å²) in [6, 6.07) is 1.93. The summed E-state index contributed by atoms with van der Waals surface area (Å²) in [7, 11) is 1.88. The predicted octanol–water partition coefficient (Wildman–Crippen LogP) is 2.23. The lowest BCUT2D eigenvalue weighted by atomic mass is 10.3. The Hall–Kier alpha value is -1.36. The lowest BCUT2D eigenvalue weighted by Crippen LogP contribution is -2.14. The van der Waals surface area contributed by atoms with Gasteiger partial charge in [-0.15, -0.1) is 0 Å². The molecule has 1 aromatic rings. The molecule has 2 N–H and O–H groups in total. The average Bonchev–Trinajstić information content (AvgIpc) is 3.18. The van der Waals surface area contributed by atoms with Crippen LogP contribution in [-0.4, -0.2) is 36.3 Å². The maximum atomic E-state index is 5.49. The topological polar surface area (TPSA) is 59.1 Å². The molecule has 1 aromatic heterocycles. The Kier molecular flexibility index (Phi) is 4.36. The van der Waals surface area contributed by atoms with E-state index in [0.29, 0.717) is 12.5 Å². The van der Waals surface area contributed by atoms with Crippen LogP contribution < -0.4 is 10.6 Å². The summed E-state index contributed by atoms with van der Waals surface area (Å²) < 4.78 is 5.49. The van der Waals surface area contributed by atoms with Crippen molar-refractivity contribution < 1.29 is 4.74 Å². The first kappa shape index (κ1) is 13.1. The van der Waals surface area contributed by atoms with Crippen LogP contribution in [0.25, 0.3) is 0 Å². The molecular weight excluding hydrogens is 228 g/mol. The maximum absolute atomic E-state index is 5.49. The SMILES string of the molecule is CNc1cc(NCCOC(C)C)nc(C2CC2)n1. The number of anilines is 2. The van der Waals surface area contributed by atoms with Gasteiger partial charge in [0.05, 0.1) is 12.7 Å². The molecular formula is C13H22N4O. The third kappa shape index (κ3) is 3.84. The highest BCUT2D eigenvalue weighted by atomic mass is 16.5. The third-order valence-corrected chi connectivity index (χ3v) is 2.80. The van der Waals surface area contributed by atoms with E-state index in [-0.39, 0.29) is 6.10 Å². The van der Waals surface area contributed by atoms with Gasteiger partial charge in [-0.25, -0.2) is 9.97 Å². The Morgan fingerprint density at radius 1 is 1.33 bits per heavy atom. The van der Waals surface area contributed by atoms with E-state index < -0.39 is 0 Å². The van der Waals surface area contributed by atoms with Crippen LogP contribution in [0.4, 0.5) is 11.6 Å². The van der Waals surface area contributed by atoms with Crippen molar-refractivity contribution in [2.75, 3.05) is 30.8 Å². The molecule has 2 rings (SSSR count). The molecule has 0 radical (unpaired) electrons. The molecule has 1 aliphatic carbocycles. The molecule has 1 fully saturated rings. The van der Waals surface area contributed by atoms with E-state index in [1.54, 1.807) is 0 Å². The second kappa shape index (κ2) is 6.00. The minimum absolute atomic E-state index is 0.270. The second-order valence-corrected chi connectivity index (χ2v) is 4.87. The van der Waals surface area contributed by atoms with E-state index in [2.05, 4.69) is 20.6 Å². The first-order valence-electron chi connectivity index (χ1n) is 6.61. The zero-order valence-corrected chi connectivity index (χ0v) is 11.4. The zero-order valence-electron chi connectivity index (χ0n) is 11.4. The fraction of sp³-hybridized carbons (Fsp3) is 0.692. The molecule has 5 heteroatoms. The number of ether oxygens (including phenoxy) is 1. The monoisotopic (exact) mass is 250 g/mol. The van der Waals surface area contributed by atoms with Crippen LogP contribution >= 0.6 is 0 Å². The Bertz CT molecular complexity index is 391. The summed E-state index contributed by atoms with van der Waals surface area (Å²) in [4.78, 5) is 9.02. The lowest BCUT2D eigenvalue weighted by molar-refractivity contribution is 0.0870. The highest BCUT2D eigenvalue weighted by molar-refractivity contribution is 5.47. The van der Waals surface area contributed by atoms with Crippen molar-refractivity contribution in [3.63, 3.8) is 0 Å². The molecule has 0 unspecified atom stereocenters. The van der Waals surface area contributed by atoms with E-state index >= 15 is 0 Å². The minimum Gasteiger partial charge on any atom is -0.377 e. The normalized spacial score (nSPS) is 14.9. The number of aromatic nitrogens is 2. The zero-order chi connectivity index (χ0) is 13.0. The van der Waals surface area contributed by atoms with Crippen molar-refractivity contribution in [1.82, 2.24) is 9.97 Å². The van der Waals surface area contributed by atoms with Crippen LogP contribution in [-0.2, 0) is 4.74 Å². The fourth-order valence-electron chi connectivity index (χ4n) is 1.68. The second-order valence-electron chi connectivity index (χ2n) is 4.87. The van der Waals surface area contributed by atoms with E-state index in [1.807, 2.05) is 27.0 Å². The van der Waals surface area contributed by atoms with Crippen LogP contribution in [0.2, 0.25) is 0 Å². The predicted molar refractivity (Wildman–Crippen MR) is 73.1 cm³/mol. The van der Waals surface area contributed by atoms with Crippen LogP contribution in [0.5, 0.6) is 0 Å². The molecule has 1 saturated carbocycles. The standard InChI is InChI=1S/C13H22N4O/c1-9(2)18-7-6-15-12-8-11(14-3)16-13(17-12)10-4-5-10/h8-10H,4-7H2,1-3H3,(H2,14,15,16,17). The summed E-state index contributed by atoms with van der Waals surface area (Å²) in [6.45, 7) is 5.53. The van der Waals surface area contributed by atoms with Crippen molar-refractivity contribution in [2.45, 2.75) is 38.7 Å². The third-order valence-electron chi connectivity index (χ3n) is 2.80. The van der Waals surface area contributed by atoms with Gasteiger partial charge in [-0.3, -0.25) is 0 Å². The Labute approximate surface area is 108 Å². The quantitative estimate of drug-likeness (QED) is 0.727. The van der Waals surface area contributed by atoms with E-state index in [0.717, 1.165) is 24.0 Å². The molecule has 1 heterocycles. The summed E-state index contributed by atoms with van der Waals surface area (Å²) in [5, 5.41) is 6.36. The summed E-state index contributed by atoms with van der Waals surface area (Å²) >= 11 is 0. The van der Waals surface area contributed by atoms with Crippen molar-refractivity contribution in [3.8, 4) is 0 Å². The first-order chi connectivity index (χ1) is 8.69. The average molecular weight is 250 g/mol. The highest BCUT2D eigenvalue weighted by Crippen LogP contribution is 2.38. The van der Waals surface area contributed by atoms with Gasteiger partial charge in [0, 0.05) is 25.6 Å². The van der Waals surface area contributed by atoms with Gasteiger partial charge in [-0.2, -0.15) is 0 Å². The Morgan fingerprint density at radius 3 is 2.67 bits per heavy atom. The maximum Gasteiger partial charge on any atom is 0.136 e. The molecule has 18 heavy (non-hydrogen) atoms. The molecule has 5 nitrogen and oxygen atoms in total. The molecule has 100 valence electrons. The number of rotatable bonds is 7. The number of nitrogens with one attached hydrogen (secondary N) is 2. The molecule has 0 amide bonds. The molecule has 0 aliphatic heterocycles. The Balaban J connectivity index is 1.92. The van der Waals surface area contributed by atoms with Crippen molar-refractivity contribution >= 4 is 11.6 Å². The van der Waals surface area contributed by atoms with Crippen LogP contribution in [0.1, 0.15) is 38.4 Å². The molecule has 0 bridgehead atoms. The van der Waals surface area contributed by atoms with Crippen LogP contribution in [0.3, 0.4) is 0 Å². The highest BCUT2D eigenvalue weighted by Gasteiger charge is 2.27. The van der Waals surface area contributed by atoms with Gasteiger partial charge in [0.15, 0.2) is 0 Å². The molecule has 0 spiro atoms. The van der Waals surface area contributed by atoms with Gasteiger partial charge in [0.1, 0.15) is 17.5 Å². The number of nitrogens with zero attached hydrogens (tertiary/aromatic N) is 2. The van der Waals surface area contributed by atoms with Gasteiger partial charge in [0.25, 0.3) is 0 Å². The van der Waals surface area contributed by atoms with Crippen molar-refractivity contribution in [3.05, 3.63) is 11.9 Å². The summed E-state index contributed by atoms with van der Waals surface area (Å²) in [5.74, 6) is 3.27. The largest absolute Gasteiger partial charge is 0.377 e. The summed E-state index contributed by atoms with van der Waals surface area (Å²) in [6.07, 6.45) is 2.69. The lowest BCUT2D eigenvalue weighted by Gasteiger charge is -2.11. The molecule has 0 aromatic carbocycles. The van der Waals surface area contributed by atoms with Gasteiger partial charge in [0.2, 0.25) is 0 Å². The minimum atomic E-state index is 0.270. The van der Waals surface area contributed by atoms with Gasteiger partial charge >= 0.3 is 0 Å². The van der Waals surface area contributed by atoms with E-state index in [4.69, 9.17) is 4.74 Å². The van der Waals surface area contributed by atoms with Crippen molar-refractivity contribution in [2.24, 2.45) is 0 Å². The molecule has 1 aliphatic rings. The van der Waals surface area contributed by atoms with E-state index in [1.165, 1.54) is 12.8 Å². The van der Waals surface area contributed by atoms with Crippen molar-refractivity contribution in [1.29, 1.82) is 0 Å². The first-order valence-corrected chi connectivity index (χ1v) is 6.61. The van der Waals surface area contributed by atoms with Gasteiger partial charge in [-0.05, 0) is 26.7 Å². The number of hydrogen-bond donors (Lipinski definition) is 2. The van der Waals surface area contributed by atoms with Gasteiger partial charge in [-0.1, -0.05) is 0 Å². The fourth-order valence-corrected chi connectivity index (χ4v) is 1.68. The van der Waals surface area contributed by atoms with Crippen LogP contribution in [0.15, 0.2) is 6.07 Å². The molecule has 0 saturated heterocycles. The van der Waals surface area contributed by atoms with Gasteiger partial charge < -0.3 is 15.4 Å². The molecule has 0 atom stereocenters. The summed E-state index contributed by atoms with van der Waals surface area (Å²) in [5.41, 5.74) is 0. The van der Waals surface area contributed by atoms with Crippen LogP contribution in [0, 0.1) is 0 Å². The van der Waals surface area contributed by atoms with E-state index in [9.17, 15) is 0 Å². The number of hydrogen-bond acceptors (Lipinski definition) is 5. The Morgan fingerprint density at radius 2 is 2.06 bits per heavy atom.